The predicted molar refractivity (Wildman–Crippen MR) is 113 cm³/mol. The van der Waals surface area contributed by atoms with Crippen molar-refractivity contribution in [1.82, 2.24) is 4.98 Å². The Balaban J connectivity index is 1.37. The van der Waals surface area contributed by atoms with Crippen LogP contribution in [0.2, 0.25) is 0 Å². The molecular weight excluding hydrogens is 348 g/mol. The monoisotopic (exact) mass is 376 g/mol. The average molecular weight is 377 g/mol. The quantitative estimate of drug-likeness (QED) is 0.844. The Morgan fingerprint density at radius 1 is 0.964 bits per heavy atom. The average Bonchev–Trinajstić information content (AvgIpc) is 3.43. The van der Waals surface area contributed by atoms with Gasteiger partial charge in [0, 0.05) is 49.2 Å². The fraction of sp³-hybridized carbons (Fsp3) is 0.478. The minimum Gasteiger partial charge on any atom is -0.372 e. The molecular formula is C23H28N4O. The van der Waals surface area contributed by atoms with E-state index in [-0.39, 0.29) is 5.91 Å². The maximum Gasteiger partial charge on any atom is 0.227 e. The molecule has 1 N–H and O–H groups in total. The summed E-state index contributed by atoms with van der Waals surface area (Å²) in [7, 11) is 0. The first-order chi connectivity index (χ1) is 13.8. The van der Waals surface area contributed by atoms with Gasteiger partial charge in [0.1, 0.15) is 5.82 Å². The van der Waals surface area contributed by atoms with E-state index in [1.54, 1.807) is 0 Å². The van der Waals surface area contributed by atoms with Crippen LogP contribution in [0.4, 0.5) is 22.9 Å². The molecule has 0 bridgehead atoms. The summed E-state index contributed by atoms with van der Waals surface area (Å²) in [5.41, 5.74) is 4.58. The molecule has 1 aliphatic carbocycles. The molecule has 5 rings (SSSR count). The van der Waals surface area contributed by atoms with Crippen LogP contribution in [0.3, 0.4) is 0 Å². The van der Waals surface area contributed by atoms with Crippen LogP contribution in [0.1, 0.15) is 50.5 Å². The van der Waals surface area contributed by atoms with E-state index < -0.39 is 0 Å². The topological polar surface area (TPSA) is 48.5 Å². The van der Waals surface area contributed by atoms with Crippen LogP contribution in [0.5, 0.6) is 0 Å². The van der Waals surface area contributed by atoms with E-state index in [9.17, 15) is 4.79 Å². The Morgan fingerprint density at radius 2 is 1.71 bits per heavy atom. The zero-order valence-corrected chi connectivity index (χ0v) is 16.4. The van der Waals surface area contributed by atoms with Crippen LogP contribution in [0.15, 0.2) is 36.5 Å². The number of carbonyl (C=O) groups is 1. The summed E-state index contributed by atoms with van der Waals surface area (Å²) in [5.74, 6) is 1.08. The van der Waals surface area contributed by atoms with Crippen molar-refractivity contribution >= 4 is 28.8 Å². The Morgan fingerprint density at radius 3 is 2.46 bits per heavy atom. The molecule has 0 radical (unpaired) electrons. The summed E-state index contributed by atoms with van der Waals surface area (Å²) >= 11 is 0. The van der Waals surface area contributed by atoms with Crippen molar-refractivity contribution in [2.75, 3.05) is 28.2 Å². The molecule has 0 atom stereocenters. The van der Waals surface area contributed by atoms with Crippen LogP contribution in [0, 0.1) is 0 Å². The third-order valence-corrected chi connectivity index (χ3v) is 6.40. The van der Waals surface area contributed by atoms with Gasteiger partial charge in [0.15, 0.2) is 0 Å². The third-order valence-electron chi connectivity index (χ3n) is 6.40. The molecule has 1 saturated carbocycles. The van der Waals surface area contributed by atoms with Gasteiger partial charge in [-0.1, -0.05) is 12.8 Å². The maximum atomic E-state index is 12.7. The molecule has 1 aromatic carbocycles. The second kappa shape index (κ2) is 7.46. The Labute approximate surface area is 166 Å². The molecule has 3 heterocycles. The molecule has 5 nitrogen and oxygen atoms in total. The number of aryl methyl sites for hydroxylation is 1. The second-order valence-electron chi connectivity index (χ2n) is 8.27. The third kappa shape index (κ3) is 3.34. The lowest BCUT2D eigenvalue weighted by atomic mass is 10.0. The number of hydrogen-bond acceptors (Lipinski definition) is 4. The molecule has 146 valence electrons. The Kier molecular flexibility index (Phi) is 4.67. The maximum absolute atomic E-state index is 12.7. The van der Waals surface area contributed by atoms with Crippen LogP contribution >= 0.6 is 0 Å². The number of pyridine rings is 1. The van der Waals surface area contributed by atoms with Gasteiger partial charge in [0.05, 0.1) is 5.69 Å². The van der Waals surface area contributed by atoms with Crippen molar-refractivity contribution in [2.45, 2.75) is 57.4 Å². The molecule has 2 aliphatic heterocycles. The second-order valence-corrected chi connectivity index (χ2v) is 8.27. The molecule has 1 amide bonds. The number of hydrogen-bond donors (Lipinski definition) is 1. The van der Waals surface area contributed by atoms with Gasteiger partial charge in [-0.3, -0.25) is 4.79 Å². The number of nitrogens with one attached hydrogen (secondary N) is 1. The highest BCUT2D eigenvalue weighted by molar-refractivity contribution is 5.97. The molecule has 2 aromatic rings. The molecule has 3 aliphatic rings. The van der Waals surface area contributed by atoms with E-state index in [1.165, 1.54) is 36.9 Å². The van der Waals surface area contributed by atoms with Crippen molar-refractivity contribution in [1.29, 1.82) is 0 Å². The van der Waals surface area contributed by atoms with Gasteiger partial charge in [-0.15, -0.1) is 0 Å². The van der Waals surface area contributed by atoms with Crippen molar-refractivity contribution in [2.24, 2.45) is 0 Å². The molecule has 1 aromatic heterocycles. The fourth-order valence-corrected chi connectivity index (χ4v) is 4.90. The van der Waals surface area contributed by atoms with Gasteiger partial charge in [-0.25, -0.2) is 4.98 Å². The van der Waals surface area contributed by atoms with Gasteiger partial charge in [0.2, 0.25) is 5.91 Å². The predicted octanol–water partition coefficient (Wildman–Crippen LogP) is 4.65. The van der Waals surface area contributed by atoms with Crippen LogP contribution in [-0.4, -0.2) is 30.0 Å². The smallest absolute Gasteiger partial charge is 0.227 e. The van der Waals surface area contributed by atoms with Crippen LogP contribution < -0.4 is 15.1 Å². The zero-order chi connectivity index (χ0) is 18.9. The lowest BCUT2D eigenvalue weighted by Crippen LogP contribution is -2.42. The minimum atomic E-state index is 0.270. The van der Waals surface area contributed by atoms with Crippen LogP contribution in [-0.2, 0) is 11.2 Å². The van der Waals surface area contributed by atoms with E-state index in [4.69, 9.17) is 0 Å². The van der Waals surface area contributed by atoms with Crippen molar-refractivity contribution in [3.63, 3.8) is 0 Å². The van der Waals surface area contributed by atoms with E-state index >= 15 is 0 Å². The molecule has 28 heavy (non-hydrogen) atoms. The summed E-state index contributed by atoms with van der Waals surface area (Å²) < 4.78 is 0. The van der Waals surface area contributed by atoms with E-state index in [0.29, 0.717) is 12.5 Å². The van der Waals surface area contributed by atoms with E-state index in [2.05, 4.69) is 50.4 Å². The largest absolute Gasteiger partial charge is 0.372 e. The number of anilines is 4. The van der Waals surface area contributed by atoms with Gasteiger partial charge in [-0.2, -0.15) is 0 Å². The number of aromatic nitrogens is 1. The summed E-state index contributed by atoms with van der Waals surface area (Å²) in [5, 5.41) is 3.43. The lowest BCUT2D eigenvalue weighted by Gasteiger charge is -2.34. The molecule has 0 unspecified atom stereocenters. The van der Waals surface area contributed by atoms with E-state index in [0.717, 1.165) is 49.5 Å². The fourth-order valence-electron chi connectivity index (χ4n) is 4.90. The first-order valence-electron chi connectivity index (χ1n) is 10.7. The Bertz CT molecular complexity index is 851. The van der Waals surface area contributed by atoms with Crippen LogP contribution in [0.25, 0.3) is 0 Å². The molecule has 5 heteroatoms. The van der Waals surface area contributed by atoms with Gasteiger partial charge >= 0.3 is 0 Å². The summed E-state index contributed by atoms with van der Waals surface area (Å²) in [4.78, 5) is 21.8. The highest BCUT2D eigenvalue weighted by Crippen LogP contribution is 2.36. The van der Waals surface area contributed by atoms with Crippen molar-refractivity contribution < 1.29 is 4.79 Å². The molecule has 0 spiro atoms. The van der Waals surface area contributed by atoms with E-state index in [1.807, 2.05) is 6.20 Å². The molecule has 2 fully saturated rings. The van der Waals surface area contributed by atoms with Crippen molar-refractivity contribution in [3.05, 3.63) is 42.1 Å². The SMILES string of the molecule is O=C1CCc2cnc(Nc3ccc(N4CCCC4)cc3)cc2N1C1CCCC1. The first kappa shape index (κ1) is 17.5. The summed E-state index contributed by atoms with van der Waals surface area (Å²) in [6.45, 7) is 2.31. The lowest BCUT2D eigenvalue weighted by molar-refractivity contribution is -0.119. The number of nitrogens with zero attached hydrogens (tertiary/aromatic N) is 3. The number of rotatable bonds is 4. The van der Waals surface area contributed by atoms with Gasteiger partial charge < -0.3 is 15.1 Å². The first-order valence-corrected chi connectivity index (χ1v) is 10.7. The number of fused-ring (bicyclic) bond motifs is 1. The number of benzene rings is 1. The number of amides is 1. The van der Waals surface area contributed by atoms with Gasteiger partial charge in [-0.05, 0) is 61.9 Å². The Hall–Kier alpha value is -2.56. The van der Waals surface area contributed by atoms with Gasteiger partial charge in [0.25, 0.3) is 0 Å². The normalized spacial score (nSPS) is 19.9. The van der Waals surface area contributed by atoms with Crippen molar-refractivity contribution in [3.8, 4) is 0 Å². The summed E-state index contributed by atoms with van der Waals surface area (Å²) in [6, 6.07) is 11.0. The minimum absolute atomic E-state index is 0.270. The summed E-state index contributed by atoms with van der Waals surface area (Å²) in [6.07, 6.45) is 10.6. The highest BCUT2D eigenvalue weighted by Gasteiger charge is 2.32. The number of carbonyl (C=O) groups excluding carboxylic acids is 1. The highest BCUT2D eigenvalue weighted by atomic mass is 16.2. The molecule has 1 saturated heterocycles. The zero-order valence-electron chi connectivity index (χ0n) is 16.4. The standard InChI is InChI=1S/C23H28N4O/c28-23-12-7-17-16-24-22(15-21(17)27(23)20-5-1-2-6-20)25-18-8-10-19(11-9-18)26-13-3-4-14-26/h8-11,15-16,20H,1-7,12-14H2,(H,24,25).